The van der Waals surface area contributed by atoms with Crippen LogP contribution in [0, 0.1) is 17.2 Å². The normalized spacial score (nSPS) is 25.6. The summed E-state index contributed by atoms with van der Waals surface area (Å²) in [7, 11) is 0. The van der Waals surface area contributed by atoms with Crippen LogP contribution in [0.3, 0.4) is 0 Å². The number of piperidine rings is 1. The topological polar surface area (TPSA) is 74.2 Å². The van der Waals surface area contributed by atoms with E-state index in [9.17, 15) is 4.79 Å². The molecule has 2 atom stereocenters. The summed E-state index contributed by atoms with van der Waals surface area (Å²) < 4.78 is 5.15. The highest BCUT2D eigenvalue weighted by Gasteiger charge is 2.27. The second-order valence-corrected chi connectivity index (χ2v) is 4.98. The molecule has 5 nitrogen and oxygen atoms in total. The summed E-state index contributed by atoms with van der Waals surface area (Å²) in [4.78, 5) is 11.5. The van der Waals surface area contributed by atoms with E-state index >= 15 is 0 Å². The predicted octanol–water partition coefficient (Wildman–Crippen LogP) is 1.01. The van der Waals surface area contributed by atoms with Gasteiger partial charge in [0.2, 0.25) is 0 Å². The van der Waals surface area contributed by atoms with Gasteiger partial charge in [-0.15, -0.1) is 0 Å². The van der Waals surface area contributed by atoms with Crippen LogP contribution >= 0.6 is 0 Å². The molecule has 0 aromatic carbocycles. The molecule has 1 aliphatic heterocycles. The Morgan fingerprint density at radius 1 is 1.56 bits per heavy atom. The van der Waals surface area contributed by atoms with Crippen molar-refractivity contribution in [3.8, 4) is 6.07 Å². The van der Waals surface area contributed by atoms with Crippen LogP contribution in [0.15, 0.2) is 0 Å². The molecule has 0 saturated carbocycles. The van der Waals surface area contributed by atoms with Gasteiger partial charge in [0, 0.05) is 6.54 Å². The molecule has 0 unspecified atom stereocenters. The number of nitriles is 1. The molecule has 1 amide bonds. The fourth-order valence-corrected chi connectivity index (χ4v) is 1.63. The van der Waals surface area contributed by atoms with Crippen molar-refractivity contribution in [1.82, 2.24) is 10.6 Å². The van der Waals surface area contributed by atoms with Crippen LogP contribution in [0.2, 0.25) is 0 Å². The molecule has 0 aromatic rings. The van der Waals surface area contributed by atoms with Crippen molar-refractivity contribution in [3.63, 3.8) is 0 Å². The first-order valence-corrected chi connectivity index (χ1v) is 5.52. The monoisotopic (exact) mass is 225 g/mol. The Morgan fingerprint density at radius 3 is 2.81 bits per heavy atom. The van der Waals surface area contributed by atoms with Gasteiger partial charge >= 0.3 is 6.09 Å². The molecule has 0 bridgehead atoms. The number of rotatable bonds is 1. The number of nitrogens with one attached hydrogen (secondary N) is 2. The lowest BCUT2D eigenvalue weighted by molar-refractivity contribution is 0.0484. The molecule has 1 saturated heterocycles. The number of amides is 1. The number of alkyl carbamates (subject to hydrolysis) is 1. The van der Waals surface area contributed by atoms with Crippen LogP contribution in [0.1, 0.15) is 27.2 Å². The summed E-state index contributed by atoms with van der Waals surface area (Å²) in [5.41, 5.74) is -0.501. The summed E-state index contributed by atoms with van der Waals surface area (Å²) in [5, 5.41) is 14.8. The summed E-state index contributed by atoms with van der Waals surface area (Å²) >= 11 is 0. The maximum absolute atomic E-state index is 11.5. The van der Waals surface area contributed by atoms with Gasteiger partial charge < -0.3 is 15.4 Å². The quantitative estimate of drug-likeness (QED) is 0.698. The van der Waals surface area contributed by atoms with Crippen molar-refractivity contribution in [2.24, 2.45) is 5.92 Å². The van der Waals surface area contributed by atoms with E-state index in [4.69, 9.17) is 10.00 Å². The Bertz CT molecular complexity index is 291. The van der Waals surface area contributed by atoms with Crippen LogP contribution in [-0.2, 0) is 4.74 Å². The minimum Gasteiger partial charge on any atom is -0.444 e. The van der Waals surface area contributed by atoms with E-state index in [-0.39, 0.29) is 12.0 Å². The fourth-order valence-electron chi connectivity index (χ4n) is 1.63. The highest BCUT2D eigenvalue weighted by Crippen LogP contribution is 2.12. The minimum atomic E-state index is -0.501. The smallest absolute Gasteiger partial charge is 0.407 e. The molecule has 1 heterocycles. The number of hydrogen-bond donors (Lipinski definition) is 2. The van der Waals surface area contributed by atoms with E-state index in [2.05, 4.69) is 16.7 Å². The number of carbonyl (C=O) groups is 1. The molecule has 90 valence electrons. The Morgan fingerprint density at radius 2 is 2.25 bits per heavy atom. The highest BCUT2D eigenvalue weighted by molar-refractivity contribution is 5.68. The minimum absolute atomic E-state index is 0.110. The second kappa shape index (κ2) is 5.17. The molecule has 0 radical (unpaired) electrons. The first-order chi connectivity index (χ1) is 7.42. The zero-order valence-corrected chi connectivity index (χ0v) is 10.0. The van der Waals surface area contributed by atoms with E-state index in [0.717, 1.165) is 13.0 Å². The maximum Gasteiger partial charge on any atom is 0.407 e. The van der Waals surface area contributed by atoms with Crippen molar-refractivity contribution in [1.29, 1.82) is 5.26 Å². The van der Waals surface area contributed by atoms with Gasteiger partial charge in [-0.25, -0.2) is 4.79 Å². The van der Waals surface area contributed by atoms with Gasteiger partial charge in [0.05, 0.1) is 18.0 Å². The maximum atomic E-state index is 11.5. The molecule has 5 heteroatoms. The molecule has 0 spiro atoms. The summed E-state index contributed by atoms with van der Waals surface area (Å²) in [6.07, 6.45) is 0.317. The fraction of sp³-hybridized carbons (Fsp3) is 0.818. The van der Waals surface area contributed by atoms with Crippen LogP contribution < -0.4 is 10.6 Å². The third kappa shape index (κ3) is 4.07. The van der Waals surface area contributed by atoms with E-state index in [0.29, 0.717) is 6.54 Å². The van der Waals surface area contributed by atoms with Gasteiger partial charge in [0.1, 0.15) is 5.60 Å². The van der Waals surface area contributed by atoms with Gasteiger partial charge in [0.15, 0.2) is 0 Å². The molecular weight excluding hydrogens is 206 g/mol. The van der Waals surface area contributed by atoms with Crippen LogP contribution in [0.25, 0.3) is 0 Å². The van der Waals surface area contributed by atoms with Gasteiger partial charge in [0.25, 0.3) is 0 Å². The van der Waals surface area contributed by atoms with Gasteiger partial charge in [-0.05, 0) is 33.7 Å². The second-order valence-electron chi connectivity index (χ2n) is 4.98. The van der Waals surface area contributed by atoms with Crippen molar-refractivity contribution in [2.45, 2.75) is 38.8 Å². The molecular formula is C11H19N3O2. The number of ether oxygens (including phenoxy) is 1. The van der Waals surface area contributed by atoms with E-state index in [1.165, 1.54) is 0 Å². The Kier molecular flexibility index (Phi) is 4.13. The lowest BCUT2D eigenvalue weighted by Crippen LogP contribution is -2.50. The summed E-state index contributed by atoms with van der Waals surface area (Å²) in [6, 6.07) is 2.08. The van der Waals surface area contributed by atoms with Crippen molar-refractivity contribution in [3.05, 3.63) is 0 Å². The molecule has 0 aromatic heterocycles. The molecule has 1 fully saturated rings. The average Bonchev–Trinajstić information content (AvgIpc) is 2.15. The molecule has 0 aliphatic carbocycles. The number of nitrogens with zero attached hydrogens (tertiary/aromatic N) is 1. The lowest BCUT2D eigenvalue weighted by Gasteiger charge is -2.29. The van der Waals surface area contributed by atoms with Crippen molar-refractivity contribution < 1.29 is 9.53 Å². The van der Waals surface area contributed by atoms with E-state index in [1.54, 1.807) is 0 Å². The van der Waals surface area contributed by atoms with Crippen molar-refractivity contribution >= 4 is 6.09 Å². The largest absolute Gasteiger partial charge is 0.444 e. The van der Waals surface area contributed by atoms with Crippen LogP contribution in [0.4, 0.5) is 4.79 Å². The van der Waals surface area contributed by atoms with E-state index in [1.807, 2.05) is 20.8 Å². The molecule has 2 N–H and O–H groups in total. The lowest BCUT2D eigenvalue weighted by atomic mass is 9.95. The van der Waals surface area contributed by atoms with Gasteiger partial charge in [-0.2, -0.15) is 5.26 Å². The van der Waals surface area contributed by atoms with Crippen LogP contribution in [-0.4, -0.2) is 30.8 Å². The SMILES string of the molecule is CC(C)(C)OC(=O)N[C@@H]1CCNC[C@H]1C#N. The molecule has 1 aliphatic rings. The highest BCUT2D eigenvalue weighted by atomic mass is 16.6. The first kappa shape index (κ1) is 12.8. The first-order valence-electron chi connectivity index (χ1n) is 5.52. The zero-order valence-electron chi connectivity index (χ0n) is 10.0. The molecule has 16 heavy (non-hydrogen) atoms. The van der Waals surface area contributed by atoms with Gasteiger partial charge in [-0.3, -0.25) is 0 Å². The summed E-state index contributed by atoms with van der Waals surface area (Å²) in [6.45, 7) is 6.89. The Balaban J connectivity index is 2.46. The average molecular weight is 225 g/mol. The van der Waals surface area contributed by atoms with E-state index < -0.39 is 11.7 Å². The van der Waals surface area contributed by atoms with Gasteiger partial charge in [-0.1, -0.05) is 0 Å². The number of carbonyl (C=O) groups excluding carboxylic acids is 1. The molecule has 1 rings (SSSR count). The van der Waals surface area contributed by atoms with Crippen LogP contribution in [0.5, 0.6) is 0 Å². The Labute approximate surface area is 96.2 Å². The Hall–Kier alpha value is -1.28. The third-order valence-corrected chi connectivity index (χ3v) is 2.35. The zero-order chi connectivity index (χ0) is 12.2. The summed E-state index contributed by atoms with van der Waals surface area (Å²) in [5.74, 6) is -0.179. The predicted molar refractivity (Wildman–Crippen MR) is 59.7 cm³/mol. The van der Waals surface area contributed by atoms with Crippen molar-refractivity contribution in [2.75, 3.05) is 13.1 Å². The standard InChI is InChI=1S/C11H19N3O2/c1-11(2,3)16-10(15)14-9-4-5-13-7-8(9)6-12/h8-9,13H,4-5,7H2,1-3H3,(H,14,15)/t8-,9-/m1/s1. The number of hydrogen-bond acceptors (Lipinski definition) is 4. The third-order valence-electron chi connectivity index (χ3n) is 2.35.